The number of benzene rings is 2. The second-order valence-electron chi connectivity index (χ2n) is 6.07. The molecule has 8 nitrogen and oxygen atoms in total. The summed E-state index contributed by atoms with van der Waals surface area (Å²) in [6.07, 6.45) is 0.818. The third-order valence-corrected chi connectivity index (χ3v) is 4.59. The summed E-state index contributed by atoms with van der Waals surface area (Å²) in [5, 5.41) is 20.4. The highest BCUT2D eigenvalue weighted by Crippen LogP contribution is 2.40. The quantitative estimate of drug-likeness (QED) is 0.596. The highest BCUT2D eigenvalue weighted by molar-refractivity contribution is 6.06. The van der Waals surface area contributed by atoms with Gasteiger partial charge in [0, 0.05) is 28.6 Å². The topological polar surface area (TPSA) is 109 Å². The molecule has 0 radical (unpaired) electrons. The molecule has 1 aliphatic heterocycles. The lowest BCUT2D eigenvalue weighted by Crippen LogP contribution is -2.33. The molecular weight excluding hydrogens is 348 g/mol. The first kappa shape index (κ1) is 17.0. The molecule has 3 N–H and O–H groups in total. The van der Waals surface area contributed by atoms with Crippen molar-refractivity contribution in [2.45, 2.75) is 12.6 Å². The number of hydrogen-bond acceptors (Lipinski definition) is 7. The van der Waals surface area contributed by atoms with Gasteiger partial charge in [0.2, 0.25) is 0 Å². The van der Waals surface area contributed by atoms with Crippen LogP contribution in [0.5, 0.6) is 11.5 Å². The van der Waals surface area contributed by atoms with Gasteiger partial charge in [0.15, 0.2) is 0 Å². The normalized spacial score (nSPS) is 15.7. The first-order valence-corrected chi connectivity index (χ1v) is 8.33. The Morgan fingerprint density at radius 1 is 1.22 bits per heavy atom. The van der Waals surface area contributed by atoms with Gasteiger partial charge < -0.3 is 24.7 Å². The molecule has 3 aromatic rings. The number of H-pyrrole nitrogens is 1. The molecule has 1 unspecified atom stereocenters. The number of aldehydes is 1. The molecule has 0 saturated carbocycles. The number of aromatic amines is 1. The third-order valence-electron chi connectivity index (χ3n) is 4.59. The highest BCUT2D eigenvalue weighted by atomic mass is 16.5. The summed E-state index contributed by atoms with van der Waals surface area (Å²) in [7, 11) is 3.10. The zero-order chi connectivity index (χ0) is 19.0. The van der Waals surface area contributed by atoms with Crippen molar-refractivity contribution >= 4 is 28.7 Å². The van der Waals surface area contributed by atoms with E-state index in [1.807, 2.05) is 18.2 Å². The van der Waals surface area contributed by atoms with Crippen LogP contribution >= 0.6 is 0 Å². The Labute approximate surface area is 154 Å². The number of nitrogens with one attached hydrogen (secondary N) is 2. The Balaban J connectivity index is 1.87. The van der Waals surface area contributed by atoms with Crippen molar-refractivity contribution in [1.82, 2.24) is 15.5 Å². The summed E-state index contributed by atoms with van der Waals surface area (Å²) in [6, 6.07) is 8.50. The van der Waals surface area contributed by atoms with Gasteiger partial charge in [-0.3, -0.25) is 5.10 Å². The van der Waals surface area contributed by atoms with E-state index in [0.29, 0.717) is 34.3 Å². The van der Waals surface area contributed by atoms with E-state index >= 15 is 0 Å². The standard InChI is InChI=1S/C19H18N4O4/c1-26-11-6-14-18(17(7-11)27-2)16(9-25)21-19(20-14)10-3-4-13-12(5-10)15(8-24)23-22-13/h3-7,9,16,24H,8H2,1-2H3,(H,20,21)(H,22,23). The number of rotatable bonds is 5. The van der Waals surface area contributed by atoms with E-state index in [1.165, 1.54) is 0 Å². The summed E-state index contributed by atoms with van der Waals surface area (Å²) in [4.78, 5) is 16.4. The van der Waals surface area contributed by atoms with Gasteiger partial charge in [-0.2, -0.15) is 5.10 Å². The van der Waals surface area contributed by atoms with Crippen molar-refractivity contribution in [3.05, 3.63) is 47.2 Å². The maximum atomic E-state index is 11.7. The van der Waals surface area contributed by atoms with Gasteiger partial charge in [0.1, 0.15) is 29.7 Å². The molecule has 1 atom stereocenters. The van der Waals surface area contributed by atoms with Crippen molar-refractivity contribution in [1.29, 1.82) is 0 Å². The van der Waals surface area contributed by atoms with Crippen LogP contribution in [-0.4, -0.2) is 41.6 Å². The number of nitrogens with zero attached hydrogens (tertiary/aromatic N) is 2. The van der Waals surface area contributed by atoms with Crippen LogP contribution in [0.4, 0.5) is 5.69 Å². The molecule has 4 rings (SSSR count). The zero-order valence-corrected chi connectivity index (χ0v) is 14.8. The lowest BCUT2D eigenvalue weighted by atomic mass is 10.00. The largest absolute Gasteiger partial charge is 0.497 e. The van der Waals surface area contributed by atoms with Crippen LogP contribution in [0.2, 0.25) is 0 Å². The van der Waals surface area contributed by atoms with Crippen LogP contribution in [0, 0.1) is 0 Å². The molecule has 27 heavy (non-hydrogen) atoms. The summed E-state index contributed by atoms with van der Waals surface area (Å²) in [5.41, 5.74) is 3.41. The number of amidine groups is 1. The number of fused-ring (bicyclic) bond motifs is 2. The van der Waals surface area contributed by atoms with Gasteiger partial charge in [0.25, 0.3) is 0 Å². The van der Waals surface area contributed by atoms with E-state index in [2.05, 4.69) is 20.5 Å². The number of aliphatic imine (C=N–C) groups is 1. The first-order valence-electron chi connectivity index (χ1n) is 8.33. The Hall–Kier alpha value is -3.39. The average molecular weight is 366 g/mol. The molecular formula is C19H18N4O4. The number of carbonyl (C=O) groups excluding carboxylic acids is 1. The minimum absolute atomic E-state index is 0.169. The Kier molecular flexibility index (Phi) is 4.25. The van der Waals surface area contributed by atoms with E-state index < -0.39 is 6.04 Å². The third kappa shape index (κ3) is 2.80. The Morgan fingerprint density at radius 3 is 2.78 bits per heavy atom. The SMILES string of the molecule is COc1cc2c(c(OC)c1)C(C=O)NC(c1ccc3[nH]nc(CO)c3c1)=N2. The molecule has 1 aromatic heterocycles. The fourth-order valence-electron chi connectivity index (χ4n) is 3.24. The number of aliphatic hydroxyl groups is 1. The fraction of sp³-hybridized carbons (Fsp3) is 0.211. The lowest BCUT2D eigenvalue weighted by Gasteiger charge is -2.25. The number of carbonyl (C=O) groups is 1. The van der Waals surface area contributed by atoms with Crippen molar-refractivity contribution in [3.63, 3.8) is 0 Å². The molecule has 0 bridgehead atoms. The Morgan fingerprint density at radius 2 is 2.07 bits per heavy atom. The number of aromatic nitrogens is 2. The Bertz CT molecular complexity index is 1060. The van der Waals surface area contributed by atoms with Gasteiger partial charge in [-0.05, 0) is 18.2 Å². The van der Waals surface area contributed by atoms with Crippen LogP contribution in [0.25, 0.3) is 10.9 Å². The fourth-order valence-corrected chi connectivity index (χ4v) is 3.24. The van der Waals surface area contributed by atoms with Crippen molar-refractivity contribution in [2.24, 2.45) is 4.99 Å². The van der Waals surface area contributed by atoms with E-state index in [9.17, 15) is 9.90 Å². The van der Waals surface area contributed by atoms with Crippen LogP contribution < -0.4 is 14.8 Å². The molecule has 8 heteroatoms. The predicted molar refractivity (Wildman–Crippen MR) is 99.7 cm³/mol. The number of ether oxygens (including phenoxy) is 2. The van der Waals surface area contributed by atoms with Gasteiger partial charge in [-0.25, -0.2) is 4.99 Å². The predicted octanol–water partition coefficient (Wildman–Crippen LogP) is 1.99. The van der Waals surface area contributed by atoms with E-state index in [1.54, 1.807) is 26.4 Å². The number of aliphatic hydroxyl groups excluding tert-OH is 1. The molecule has 2 aromatic carbocycles. The second kappa shape index (κ2) is 6.73. The van der Waals surface area contributed by atoms with Crippen molar-refractivity contribution in [3.8, 4) is 11.5 Å². The average Bonchev–Trinajstić information content (AvgIpc) is 3.14. The van der Waals surface area contributed by atoms with Crippen LogP contribution in [0.15, 0.2) is 35.3 Å². The van der Waals surface area contributed by atoms with Gasteiger partial charge in [0.05, 0.1) is 37.7 Å². The minimum Gasteiger partial charge on any atom is -0.497 e. The maximum absolute atomic E-state index is 11.7. The molecule has 0 saturated heterocycles. The van der Waals surface area contributed by atoms with E-state index in [-0.39, 0.29) is 6.61 Å². The summed E-state index contributed by atoms with van der Waals surface area (Å²) < 4.78 is 10.7. The lowest BCUT2D eigenvalue weighted by molar-refractivity contribution is -0.109. The zero-order valence-electron chi connectivity index (χ0n) is 14.8. The summed E-state index contributed by atoms with van der Waals surface area (Å²) >= 11 is 0. The van der Waals surface area contributed by atoms with Crippen molar-refractivity contribution < 1.29 is 19.4 Å². The van der Waals surface area contributed by atoms with E-state index in [4.69, 9.17) is 9.47 Å². The van der Waals surface area contributed by atoms with Crippen LogP contribution in [0.1, 0.15) is 22.9 Å². The van der Waals surface area contributed by atoms with Crippen molar-refractivity contribution in [2.75, 3.05) is 14.2 Å². The highest BCUT2D eigenvalue weighted by Gasteiger charge is 2.27. The molecule has 138 valence electrons. The first-order chi connectivity index (χ1) is 13.2. The molecule has 0 amide bonds. The molecule has 1 aliphatic rings. The number of methoxy groups -OCH3 is 2. The molecule has 2 heterocycles. The second-order valence-corrected chi connectivity index (χ2v) is 6.07. The summed E-state index contributed by atoms with van der Waals surface area (Å²) in [5.74, 6) is 1.67. The van der Waals surface area contributed by atoms with Gasteiger partial charge in [-0.15, -0.1) is 0 Å². The van der Waals surface area contributed by atoms with Gasteiger partial charge >= 0.3 is 0 Å². The molecule has 0 spiro atoms. The van der Waals surface area contributed by atoms with Crippen LogP contribution in [0.3, 0.4) is 0 Å². The van der Waals surface area contributed by atoms with Gasteiger partial charge in [-0.1, -0.05) is 0 Å². The monoisotopic (exact) mass is 366 g/mol. The van der Waals surface area contributed by atoms with Crippen LogP contribution in [-0.2, 0) is 11.4 Å². The minimum atomic E-state index is -0.606. The molecule has 0 aliphatic carbocycles. The smallest absolute Gasteiger partial charge is 0.147 e. The maximum Gasteiger partial charge on any atom is 0.147 e. The molecule has 0 fully saturated rings. The number of hydrogen-bond donors (Lipinski definition) is 3. The van der Waals surface area contributed by atoms with E-state index in [0.717, 1.165) is 22.8 Å². The summed E-state index contributed by atoms with van der Waals surface area (Å²) in [6.45, 7) is -0.169.